The van der Waals surface area contributed by atoms with Crippen LogP contribution in [0.2, 0.25) is 0 Å². The van der Waals surface area contributed by atoms with Gasteiger partial charge in [0.25, 0.3) is 10.0 Å². The van der Waals surface area contributed by atoms with E-state index in [1.807, 2.05) is 24.3 Å². The quantitative estimate of drug-likeness (QED) is 0.680. The Morgan fingerprint density at radius 1 is 1.00 bits per heavy atom. The predicted octanol–water partition coefficient (Wildman–Crippen LogP) is 2.22. The van der Waals surface area contributed by atoms with Gasteiger partial charge in [-0.25, -0.2) is 13.4 Å². The van der Waals surface area contributed by atoms with Crippen LogP contribution < -0.4 is 10.1 Å². The zero-order valence-corrected chi connectivity index (χ0v) is 17.7. The summed E-state index contributed by atoms with van der Waals surface area (Å²) in [5.74, 6) is 1.17. The third-order valence-corrected chi connectivity index (χ3v) is 7.82. The van der Waals surface area contributed by atoms with Gasteiger partial charge in [0.15, 0.2) is 5.03 Å². The molecule has 6 rings (SSSR count). The third kappa shape index (κ3) is 3.21. The first kappa shape index (κ1) is 19.3. The number of rotatable bonds is 5. The lowest BCUT2D eigenvalue weighted by Crippen LogP contribution is -2.72. The third-order valence-electron chi connectivity index (χ3n) is 6.10. The number of aryl methyl sites for hydroxylation is 1. The van der Waals surface area contributed by atoms with Crippen LogP contribution in [0.4, 0.5) is 0 Å². The van der Waals surface area contributed by atoms with Crippen molar-refractivity contribution in [3.63, 3.8) is 0 Å². The van der Waals surface area contributed by atoms with Crippen molar-refractivity contribution in [3.8, 4) is 16.9 Å². The number of nitrogens with zero attached hydrogens (tertiary/aromatic N) is 3. The van der Waals surface area contributed by atoms with Gasteiger partial charge in [0.05, 0.1) is 13.4 Å². The van der Waals surface area contributed by atoms with Crippen LogP contribution in [0.15, 0.2) is 66.1 Å². The summed E-state index contributed by atoms with van der Waals surface area (Å²) in [7, 11) is -0.113. The monoisotopic (exact) mass is 424 g/mol. The molecule has 3 aliphatic heterocycles. The highest BCUT2D eigenvalue weighted by atomic mass is 32.2. The molecule has 0 amide bonds. The predicted molar refractivity (Wildman–Crippen MR) is 114 cm³/mol. The molecule has 30 heavy (non-hydrogen) atoms. The number of sulfonamides is 1. The van der Waals surface area contributed by atoms with E-state index in [0.29, 0.717) is 19.0 Å². The smallest absolute Gasteiger partial charge is 0.262 e. The van der Waals surface area contributed by atoms with Crippen LogP contribution >= 0.6 is 0 Å². The summed E-state index contributed by atoms with van der Waals surface area (Å²) in [6.07, 6.45) is 3.07. The Bertz CT molecular complexity index is 1140. The van der Waals surface area contributed by atoms with Gasteiger partial charge in [0.2, 0.25) is 0 Å². The lowest BCUT2D eigenvalue weighted by atomic mass is 9.75. The first-order chi connectivity index (χ1) is 14.5. The van der Waals surface area contributed by atoms with Gasteiger partial charge in [-0.15, -0.1) is 0 Å². The van der Waals surface area contributed by atoms with Crippen LogP contribution in [0.1, 0.15) is 11.5 Å². The molecule has 1 unspecified atom stereocenters. The molecule has 0 aliphatic carbocycles. The number of ether oxygens (including phenoxy) is 1. The van der Waals surface area contributed by atoms with E-state index in [9.17, 15) is 8.42 Å². The maximum atomic E-state index is 12.9. The number of methoxy groups -OCH3 is 1. The second-order valence-corrected chi connectivity index (χ2v) is 9.84. The number of fused-ring (bicyclic) bond motifs is 2. The van der Waals surface area contributed by atoms with Crippen molar-refractivity contribution in [3.05, 3.63) is 66.6 Å². The van der Waals surface area contributed by atoms with Gasteiger partial charge in [-0.2, -0.15) is 4.31 Å². The number of nitrogens with one attached hydrogen (secondary N) is 1. The van der Waals surface area contributed by atoms with Gasteiger partial charge in [-0.1, -0.05) is 36.4 Å². The summed E-state index contributed by atoms with van der Waals surface area (Å²) >= 11 is 0. The molecule has 3 fully saturated rings. The Kier molecular flexibility index (Phi) is 4.65. The van der Waals surface area contributed by atoms with Crippen LogP contribution in [-0.2, 0) is 17.1 Å². The molecular formula is C22H24N4O3S. The Hall–Kier alpha value is -2.68. The topological polar surface area (TPSA) is 76.5 Å². The molecule has 8 heteroatoms. The highest BCUT2D eigenvalue weighted by molar-refractivity contribution is 7.89. The van der Waals surface area contributed by atoms with Gasteiger partial charge in [0, 0.05) is 44.3 Å². The van der Waals surface area contributed by atoms with Crippen LogP contribution in [-0.4, -0.2) is 54.6 Å². The van der Waals surface area contributed by atoms with Crippen molar-refractivity contribution in [2.75, 3.05) is 20.2 Å². The second kappa shape index (κ2) is 7.23. The van der Waals surface area contributed by atoms with Gasteiger partial charge >= 0.3 is 0 Å². The first-order valence-corrected chi connectivity index (χ1v) is 11.4. The molecule has 0 radical (unpaired) electrons. The molecule has 0 saturated carbocycles. The zero-order chi connectivity index (χ0) is 20.9. The van der Waals surface area contributed by atoms with E-state index >= 15 is 0 Å². The molecule has 1 aromatic heterocycles. The van der Waals surface area contributed by atoms with E-state index in [2.05, 4.69) is 34.6 Å². The van der Waals surface area contributed by atoms with Gasteiger partial charge in [-0.05, 0) is 28.8 Å². The van der Waals surface area contributed by atoms with Gasteiger partial charge < -0.3 is 14.6 Å². The summed E-state index contributed by atoms with van der Waals surface area (Å²) < 4.78 is 34.2. The maximum Gasteiger partial charge on any atom is 0.262 e. The highest BCUT2D eigenvalue weighted by Gasteiger charge is 2.50. The van der Waals surface area contributed by atoms with Crippen LogP contribution in [0.5, 0.6) is 5.75 Å². The average molecular weight is 425 g/mol. The summed E-state index contributed by atoms with van der Waals surface area (Å²) in [6.45, 7) is 0.917. The number of piperidine rings is 1. The lowest BCUT2D eigenvalue weighted by Gasteiger charge is -2.54. The molecule has 0 spiro atoms. The minimum absolute atomic E-state index is 0.117. The summed E-state index contributed by atoms with van der Waals surface area (Å²) in [5.41, 5.74) is 3.54. The SMILES string of the molecule is COc1ccc(-c2ccc(C3[C@@H]4CN(S(=O)(=O)c5cn(C)cn5)C[C@H]3N4)cc2)cc1. The minimum atomic E-state index is -3.55. The molecule has 3 saturated heterocycles. The maximum absolute atomic E-state index is 12.9. The molecule has 2 bridgehead atoms. The highest BCUT2D eigenvalue weighted by Crippen LogP contribution is 2.39. The standard InChI is InChI=1S/C22H24N4O3S/c1-25-13-21(23-14-25)30(27,28)26-11-19-22(20(12-26)24-19)17-5-3-15(4-6-17)16-7-9-18(29-2)10-8-16/h3-10,13-14,19-20,22,24H,11-12H2,1-2H3/t19-,20+,22?. The molecule has 2 aromatic carbocycles. The fourth-order valence-corrected chi connectivity index (χ4v) is 5.94. The van der Waals surface area contributed by atoms with Gasteiger partial charge in [-0.3, -0.25) is 0 Å². The van der Waals surface area contributed by atoms with E-state index < -0.39 is 10.0 Å². The number of benzene rings is 2. The molecule has 156 valence electrons. The van der Waals surface area contributed by atoms with Crippen LogP contribution in [0.3, 0.4) is 0 Å². The number of hydrogen-bond donors (Lipinski definition) is 1. The number of piperazine rings is 1. The molecular weight excluding hydrogens is 400 g/mol. The first-order valence-electron chi connectivity index (χ1n) is 9.94. The molecule has 4 heterocycles. The van der Waals surface area contributed by atoms with Crippen LogP contribution in [0.25, 0.3) is 11.1 Å². The summed E-state index contributed by atoms with van der Waals surface area (Å²) in [4.78, 5) is 4.03. The fourth-order valence-electron chi connectivity index (χ4n) is 4.49. The van der Waals surface area contributed by atoms with E-state index in [1.54, 1.807) is 29.2 Å². The summed E-state index contributed by atoms with van der Waals surface area (Å²) in [5, 5.41) is 3.62. The largest absolute Gasteiger partial charge is 0.497 e. The molecule has 3 atom stereocenters. The van der Waals surface area contributed by atoms with E-state index in [4.69, 9.17) is 4.74 Å². The van der Waals surface area contributed by atoms with E-state index in [0.717, 1.165) is 16.9 Å². The van der Waals surface area contributed by atoms with E-state index in [-0.39, 0.29) is 17.1 Å². The summed E-state index contributed by atoms with van der Waals surface area (Å²) in [6, 6.07) is 16.8. The Balaban J connectivity index is 1.30. The molecule has 7 nitrogen and oxygen atoms in total. The Morgan fingerprint density at radius 3 is 2.13 bits per heavy atom. The van der Waals surface area contributed by atoms with Crippen molar-refractivity contribution in [2.24, 2.45) is 7.05 Å². The van der Waals surface area contributed by atoms with Crippen molar-refractivity contribution in [2.45, 2.75) is 23.0 Å². The average Bonchev–Trinajstić information content (AvgIpc) is 3.21. The molecule has 3 aromatic rings. The van der Waals surface area contributed by atoms with Crippen molar-refractivity contribution < 1.29 is 13.2 Å². The molecule has 3 aliphatic rings. The van der Waals surface area contributed by atoms with Crippen molar-refractivity contribution in [1.82, 2.24) is 19.2 Å². The number of hydrogen-bond acceptors (Lipinski definition) is 5. The number of imidazole rings is 1. The van der Waals surface area contributed by atoms with Gasteiger partial charge in [0.1, 0.15) is 5.75 Å². The van der Waals surface area contributed by atoms with Crippen LogP contribution in [0, 0.1) is 0 Å². The second-order valence-electron chi connectivity index (χ2n) is 7.96. The zero-order valence-electron chi connectivity index (χ0n) is 16.9. The Labute approximate surface area is 176 Å². The lowest BCUT2D eigenvalue weighted by molar-refractivity contribution is 0.101. The van der Waals surface area contributed by atoms with Crippen molar-refractivity contribution >= 4 is 10.0 Å². The normalized spacial score (nSPS) is 23.7. The van der Waals surface area contributed by atoms with E-state index in [1.165, 1.54) is 11.9 Å². The van der Waals surface area contributed by atoms with Crippen molar-refractivity contribution in [1.29, 1.82) is 0 Å². The minimum Gasteiger partial charge on any atom is -0.497 e. The molecule has 1 N–H and O–H groups in total. The number of aromatic nitrogens is 2. The Morgan fingerprint density at radius 2 is 1.60 bits per heavy atom. The fraction of sp³-hybridized carbons (Fsp3) is 0.318.